The van der Waals surface area contributed by atoms with Crippen LogP contribution >= 0.6 is 11.6 Å². The van der Waals surface area contributed by atoms with Gasteiger partial charge in [0.15, 0.2) is 18.2 Å². The van der Waals surface area contributed by atoms with Crippen molar-refractivity contribution in [2.75, 3.05) is 5.32 Å². The first-order valence-corrected chi connectivity index (χ1v) is 9.61. The number of aryl methyl sites for hydroxylation is 1. The lowest BCUT2D eigenvalue weighted by molar-refractivity contribution is -0.684. The van der Waals surface area contributed by atoms with Gasteiger partial charge in [-0.05, 0) is 30.2 Å². The number of anilines is 1. The molecular formula is C23H22ClN2O2+. The van der Waals surface area contributed by atoms with Crippen LogP contribution in [0.4, 0.5) is 5.69 Å². The number of hydrogen-bond donors (Lipinski definition) is 1. The summed E-state index contributed by atoms with van der Waals surface area (Å²) in [6.45, 7) is 2.29. The minimum Gasteiger partial charge on any atom is -0.320 e. The lowest BCUT2D eigenvalue weighted by Crippen LogP contribution is -2.39. The fourth-order valence-electron chi connectivity index (χ4n) is 2.96. The van der Waals surface area contributed by atoms with Crippen LogP contribution in [0.25, 0.3) is 0 Å². The molecule has 0 fully saturated rings. The Morgan fingerprint density at radius 1 is 1.00 bits per heavy atom. The summed E-state index contributed by atoms with van der Waals surface area (Å²) in [6, 6.07) is 17.9. The number of nitrogens with one attached hydrogen (secondary N) is 1. The molecule has 5 heteroatoms. The number of rotatable bonds is 7. The molecule has 142 valence electrons. The molecule has 0 saturated carbocycles. The van der Waals surface area contributed by atoms with Crippen LogP contribution in [0.3, 0.4) is 0 Å². The lowest BCUT2D eigenvalue weighted by Gasteiger charge is -2.10. The third kappa shape index (κ3) is 5.05. The van der Waals surface area contributed by atoms with E-state index in [0.717, 1.165) is 12.8 Å². The first kappa shape index (κ1) is 19.8. The molecule has 4 nitrogen and oxygen atoms in total. The second-order valence-electron chi connectivity index (χ2n) is 6.56. The monoisotopic (exact) mass is 393 g/mol. The van der Waals surface area contributed by atoms with E-state index in [1.807, 2.05) is 35.2 Å². The number of nitrogens with zero attached hydrogens (tertiary/aromatic N) is 1. The Morgan fingerprint density at radius 3 is 2.39 bits per heavy atom. The molecule has 28 heavy (non-hydrogen) atoms. The molecule has 0 aliphatic heterocycles. The number of pyridine rings is 1. The molecule has 0 aliphatic rings. The van der Waals surface area contributed by atoms with Crippen molar-refractivity contribution in [1.82, 2.24) is 0 Å². The summed E-state index contributed by atoms with van der Waals surface area (Å²) < 4.78 is 1.81. The van der Waals surface area contributed by atoms with Gasteiger partial charge in [-0.25, -0.2) is 0 Å². The maximum absolute atomic E-state index is 12.8. The van der Waals surface area contributed by atoms with Gasteiger partial charge in [-0.2, -0.15) is 4.57 Å². The fraction of sp³-hybridized carbons (Fsp3) is 0.174. The molecule has 3 aromatic rings. The van der Waals surface area contributed by atoms with Gasteiger partial charge in [0.25, 0.3) is 5.91 Å². The van der Waals surface area contributed by atoms with Gasteiger partial charge in [0, 0.05) is 28.3 Å². The molecule has 0 saturated heterocycles. The van der Waals surface area contributed by atoms with E-state index in [1.165, 1.54) is 5.56 Å². The standard InChI is InChI=1S/C23H21ClN2O2/c1-2-6-17-11-13-26(14-12-17)16-22(27)25-21-10-9-19(24)15-20(21)23(28)18-7-4-3-5-8-18/h3-5,7-15H,2,6,16H2,1H3/p+1. The van der Waals surface area contributed by atoms with Crippen molar-refractivity contribution in [3.63, 3.8) is 0 Å². The molecule has 0 spiro atoms. The maximum atomic E-state index is 12.8. The van der Waals surface area contributed by atoms with Crippen molar-refractivity contribution in [3.8, 4) is 0 Å². The Balaban J connectivity index is 1.76. The Labute approximate surface area is 169 Å². The molecule has 0 radical (unpaired) electrons. The average molecular weight is 394 g/mol. The summed E-state index contributed by atoms with van der Waals surface area (Å²) in [7, 11) is 0. The number of carbonyl (C=O) groups is 2. The van der Waals surface area contributed by atoms with Crippen LogP contribution in [-0.2, 0) is 17.8 Å². The van der Waals surface area contributed by atoms with E-state index in [-0.39, 0.29) is 18.2 Å². The van der Waals surface area contributed by atoms with Crippen LogP contribution in [-0.4, -0.2) is 11.7 Å². The second-order valence-corrected chi connectivity index (χ2v) is 7.00. The molecular weight excluding hydrogens is 372 g/mol. The van der Waals surface area contributed by atoms with Crippen molar-refractivity contribution >= 4 is 29.0 Å². The van der Waals surface area contributed by atoms with E-state index >= 15 is 0 Å². The molecule has 1 heterocycles. The molecule has 0 atom stereocenters. The van der Waals surface area contributed by atoms with E-state index in [2.05, 4.69) is 12.2 Å². The second kappa shape index (κ2) is 9.29. The summed E-state index contributed by atoms with van der Waals surface area (Å²) >= 11 is 6.09. The highest BCUT2D eigenvalue weighted by Gasteiger charge is 2.17. The Hall–Kier alpha value is -2.98. The predicted molar refractivity (Wildman–Crippen MR) is 111 cm³/mol. The Kier molecular flexibility index (Phi) is 6.56. The van der Waals surface area contributed by atoms with Crippen molar-refractivity contribution in [3.05, 3.63) is 94.8 Å². The number of ketones is 1. The van der Waals surface area contributed by atoms with Crippen LogP contribution in [0.5, 0.6) is 0 Å². The smallest absolute Gasteiger partial charge is 0.290 e. The van der Waals surface area contributed by atoms with Gasteiger partial charge in [-0.3, -0.25) is 9.59 Å². The first-order valence-electron chi connectivity index (χ1n) is 9.24. The number of benzene rings is 2. The molecule has 0 unspecified atom stereocenters. The Morgan fingerprint density at radius 2 is 1.71 bits per heavy atom. The van der Waals surface area contributed by atoms with E-state index in [4.69, 9.17) is 11.6 Å². The molecule has 3 rings (SSSR count). The third-order valence-corrected chi connectivity index (χ3v) is 4.60. The van der Waals surface area contributed by atoms with E-state index < -0.39 is 0 Å². The molecule has 0 aliphatic carbocycles. The zero-order valence-corrected chi connectivity index (χ0v) is 16.4. The number of aromatic nitrogens is 1. The molecule has 1 N–H and O–H groups in total. The van der Waals surface area contributed by atoms with Gasteiger partial charge >= 0.3 is 0 Å². The zero-order valence-electron chi connectivity index (χ0n) is 15.7. The highest BCUT2D eigenvalue weighted by atomic mass is 35.5. The summed E-state index contributed by atoms with van der Waals surface area (Å²) in [5, 5.41) is 3.28. The fourth-order valence-corrected chi connectivity index (χ4v) is 3.13. The van der Waals surface area contributed by atoms with E-state index in [0.29, 0.717) is 21.8 Å². The molecule has 2 aromatic carbocycles. The van der Waals surface area contributed by atoms with Crippen LogP contribution < -0.4 is 9.88 Å². The SMILES string of the molecule is CCCc1cc[n+](CC(=O)Nc2ccc(Cl)cc2C(=O)c2ccccc2)cc1. The van der Waals surface area contributed by atoms with Gasteiger partial charge in [0.05, 0.1) is 5.69 Å². The highest BCUT2D eigenvalue weighted by molar-refractivity contribution is 6.31. The van der Waals surface area contributed by atoms with Crippen LogP contribution in [0.15, 0.2) is 73.1 Å². The van der Waals surface area contributed by atoms with Crippen molar-refractivity contribution in [2.45, 2.75) is 26.3 Å². The first-order chi connectivity index (χ1) is 13.6. The predicted octanol–water partition coefficient (Wildman–Crippen LogP) is 4.45. The minimum absolute atomic E-state index is 0.161. The van der Waals surface area contributed by atoms with Crippen LogP contribution in [0.1, 0.15) is 34.8 Å². The topological polar surface area (TPSA) is 50.0 Å². The quantitative estimate of drug-likeness (QED) is 0.476. The number of halogens is 1. The highest BCUT2D eigenvalue weighted by Crippen LogP contribution is 2.23. The van der Waals surface area contributed by atoms with Gasteiger partial charge < -0.3 is 5.32 Å². The largest absolute Gasteiger partial charge is 0.320 e. The molecule has 1 aromatic heterocycles. The minimum atomic E-state index is -0.210. The average Bonchev–Trinajstić information content (AvgIpc) is 2.71. The lowest BCUT2D eigenvalue weighted by atomic mass is 10.0. The van der Waals surface area contributed by atoms with Gasteiger partial charge in [0.1, 0.15) is 0 Å². The maximum Gasteiger partial charge on any atom is 0.290 e. The van der Waals surface area contributed by atoms with Gasteiger partial charge in [-0.1, -0.05) is 55.3 Å². The number of amides is 1. The summed E-state index contributed by atoms with van der Waals surface area (Å²) in [4.78, 5) is 25.4. The molecule has 1 amide bonds. The van der Waals surface area contributed by atoms with Crippen molar-refractivity contribution in [1.29, 1.82) is 0 Å². The summed E-state index contributed by atoms with van der Waals surface area (Å²) in [6.07, 6.45) is 5.88. The third-order valence-electron chi connectivity index (χ3n) is 4.36. The zero-order chi connectivity index (χ0) is 19.9. The molecule has 0 bridgehead atoms. The number of carbonyl (C=O) groups excluding carboxylic acids is 2. The van der Waals surface area contributed by atoms with Gasteiger partial charge in [-0.15, -0.1) is 0 Å². The van der Waals surface area contributed by atoms with E-state index in [9.17, 15) is 9.59 Å². The van der Waals surface area contributed by atoms with Crippen molar-refractivity contribution < 1.29 is 14.2 Å². The normalized spacial score (nSPS) is 10.5. The van der Waals surface area contributed by atoms with Crippen molar-refractivity contribution in [2.24, 2.45) is 0 Å². The van der Waals surface area contributed by atoms with Crippen LogP contribution in [0.2, 0.25) is 5.02 Å². The summed E-state index contributed by atoms with van der Waals surface area (Å²) in [5.41, 5.74) is 2.61. The van der Waals surface area contributed by atoms with Crippen LogP contribution in [0, 0.1) is 0 Å². The summed E-state index contributed by atoms with van der Waals surface area (Å²) in [5.74, 6) is -0.396. The van der Waals surface area contributed by atoms with Gasteiger partial charge in [0.2, 0.25) is 6.54 Å². The number of hydrogen-bond acceptors (Lipinski definition) is 2. The Bertz CT molecular complexity index is 970. The van der Waals surface area contributed by atoms with E-state index in [1.54, 1.807) is 42.5 Å².